The van der Waals surface area contributed by atoms with Gasteiger partial charge in [-0.05, 0) is 43.9 Å². The van der Waals surface area contributed by atoms with Gasteiger partial charge in [0.15, 0.2) is 15.8 Å². The van der Waals surface area contributed by atoms with Crippen molar-refractivity contribution in [2.24, 2.45) is 12.0 Å². The lowest BCUT2D eigenvalue weighted by Gasteiger charge is -2.34. The molecule has 2 N–H and O–H groups in total. The molecule has 0 amide bonds. The first-order valence-electron chi connectivity index (χ1n) is 10.4. The van der Waals surface area contributed by atoms with E-state index in [2.05, 4.69) is 33.8 Å². The van der Waals surface area contributed by atoms with E-state index in [0.717, 1.165) is 56.1 Å². The van der Waals surface area contributed by atoms with Crippen molar-refractivity contribution in [2.45, 2.75) is 37.1 Å². The Hall–Kier alpha value is -2.55. The number of aromatic nitrogens is 2. The second-order valence-electron chi connectivity index (χ2n) is 7.73. The molecule has 1 unspecified atom stereocenters. The summed E-state index contributed by atoms with van der Waals surface area (Å²) < 4.78 is 25.0. The molecule has 0 radical (unpaired) electrons. The predicted molar refractivity (Wildman–Crippen MR) is 121 cm³/mol. The Kier molecular flexibility index (Phi) is 7.36. The van der Waals surface area contributed by atoms with E-state index in [1.54, 1.807) is 12.1 Å². The lowest BCUT2D eigenvalue weighted by Crippen LogP contribution is -2.51. The molecular weight excluding hydrogens is 400 g/mol. The van der Waals surface area contributed by atoms with Gasteiger partial charge in [-0.3, -0.25) is 9.67 Å². The average molecular weight is 433 g/mol. The maximum absolute atomic E-state index is 11.6. The van der Waals surface area contributed by atoms with Crippen molar-refractivity contribution in [3.8, 4) is 0 Å². The van der Waals surface area contributed by atoms with Gasteiger partial charge in [-0.25, -0.2) is 8.42 Å². The van der Waals surface area contributed by atoms with Gasteiger partial charge in [-0.2, -0.15) is 5.10 Å². The number of hydrogen-bond acceptors (Lipinski definition) is 5. The molecule has 0 saturated carbocycles. The Bertz CT molecular complexity index is 952. The first-order chi connectivity index (χ1) is 14.3. The van der Waals surface area contributed by atoms with Crippen molar-refractivity contribution < 1.29 is 8.42 Å². The molecule has 3 rings (SSSR count). The van der Waals surface area contributed by atoms with Gasteiger partial charge in [0.05, 0.1) is 16.8 Å². The minimum absolute atomic E-state index is 0.325. The highest BCUT2D eigenvalue weighted by molar-refractivity contribution is 7.90. The highest BCUT2D eigenvalue weighted by atomic mass is 32.2. The lowest BCUT2D eigenvalue weighted by molar-refractivity contribution is 0.468. The number of rotatable bonds is 7. The summed E-state index contributed by atoms with van der Waals surface area (Å²) in [6, 6.07) is 7.36. The summed E-state index contributed by atoms with van der Waals surface area (Å²) in [6.07, 6.45) is 8.18. The van der Waals surface area contributed by atoms with Crippen LogP contribution in [0.1, 0.15) is 25.3 Å². The van der Waals surface area contributed by atoms with Crippen molar-refractivity contribution in [3.05, 3.63) is 42.2 Å². The van der Waals surface area contributed by atoms with E-state index in [-0.39, 0.29) is 0 Å². The number of hydrogen-bond donors (Lipinski definition) is 2. The number of nitrogens with one attached hydrogen (secondary N) is 2. The van der Waals surface area contributed by atoms with Gasteiger partial charge in [0, 0.05) is 51.7 Å². The summed E-state index contributed by atoms with van der Waals surface area (Å²) in [5, 5.41) is 11.2. The van der Waals surface area contributed by atoms with E-state index in [4.69, 9.17) is 4.99 Å². The normalized spacial score (nSPS) is 17.8. The Morgan fingerprint density at radius 2 is 2.07 bits per heavy atom. The number of anilines is 1. The number of guanidine groups is 1. The molecule has 2 heterocycles. The third-order valence-corrected chi connectivity index (χ3v) is 6.31. The van der Waals surface area contributed by atoms with E-state index >= 15 is 0 Å². The summed E-state index contributed by atoms with van der Waals surface area (Å²) in [7, 11) is -1.22. The van der Waals surface area contributed by atoms with Crippen LogP contribution in [0, 0.1) is 0 Å². The quantitative estimate of drug-likeness (QED) is 0.510. The van der Waals surface area contributed by atoms with Crippen LogP contribution >= 0.6 is 0 Å². The summed E-state index contributed by atoms with van der Waals surface area (Å²) in [5.41, 5.74) is 2.23. The highest BCUT2D eigenvalue weighted by Crippen LogP contribution is 2.19. The molecule has 2 aromatic rings. The van der Waals surface area contributed by atoms with Crippen LogP contribution in [0.15, 0.2) is 46.5 Å². The van der Waals surface area contributed by atoms with Crippen LogP contribution in [-0.2, 0) is 23.3 Å². The number of aryl methyl sites for hydroxylation is 1. The molecule has 9 heteroatoms. The van der Waals surface area contributed by atoms with E-state index in [9.17, 15) is 8.42 Å². The van der Waals surface area contributed by atoms with Crippen molar-refractivity contribution in [2.75, 3.05) is 37.3 Å². The second-order valence-corrected chi connectivity index (χ2v) is 9.74. The molecule has 8 nitrogen and oxygen atoms in total. The van der Waals surface area contributed by atoms with E-state index in [0.29, 0.717) is 17.5 Å². The first kappa shape index (κ1) is 22.1. The zero-order valence-corrected chi connectivity index (χ0v) is 18.8. The van der Waals surface area contributed by atoms with Crippen LogP contribution in [0.25, 0.3) is 0 Å². The van der Waals surface area contributed by atoms with Gasteiger partial charge >= 0.3 is 0 Å². The lowest BCUT2D eigenvalue weighted by atomic mass is 10.1. The van der Waals surface area contributed by atoms with Gasteiger partial charge in [0.1, 0.15) is 0 Å². The summed E-state index contributed by atoms with van der Waals surface area (Å²) >= 11 is 0. The van der Waals surface area contributed by atoms with Gasteiger partial charge in [0.25, 0.3) is 0 Å². The topological polar surface area (TPSA) is 91.6 Å². The Morgan fingerprint density at radius 3 is 2.70 bits per heavy atom. The summed E-state index contributed by atoms with van der Waals surface area (Å²) in [4.78, 5) is 7.43. The van der Waals surface area contributed by atoms with Crippen LogP contribution in [0.3, 0.4) is 0 Å². The van der Waals surface area contributed by atoms with Gasteiger partial charge < -0.3 is 15.5 Å². The molecule has 1 aliphatic rings. The number of benzene rings is 1. The smallest absolute Gasteiger partial charge is 0.191 e. The Labute approximate surface area is 179 Å². The first-order valence-corrected chi connectivity index (χ1v) is 12.3. The maximum atomic E-state index is 11.6. The van der Waals surface area contributed by atoms with Crippen molar-refractivity contribution in [1.29, 1.82) is 0 Å². The molecule has 1 aliphatic heterocycles. The van der Waals surface area contributed by atoms with Crippen molar-refractivity contribution in [3.63, 3.8) is 0 Å². The van der Waals surface area contributed by atoms with Crippen LogP contribution in [0.2, 0.25) is 0 Å². The van der Waals surface area contributed by atoms with Crippen LogP contribution in [-0.4, -0.2) is 62.6 Å². The molecule has 1 saturated heterocycles. The molecule has 30 heavy (non-hydrogen) atoms. The van der Waals surface area contributed by atoms with Crippen LogP contribution < -0.4 is 15.5 Å². The third-order valence-electron chi connectivity index (χ3n) is 5.18. The molecule has 1 aromatic carbocycles. The largest absolute Gasteiger partial charge is 0.367 e. The monoisotopic (exact) mass is 432 g/mol. The molecule has 1 atom stereocenters. The minimum Gasteiger partial charge on any atom is -0.367 e. The fraction of sp³-hybridized carbons (Fsp3) is 0.524. The zero-order valence-electron chi connectivity index (χ0n) is 18.0. The van der Waals surface area contributed by atoms with Crippen molar-refractivity contribution in [1.82, 2.24) is 20.4 Å². The van der Waals surface area contributed by atoms with Gasteiger partial charge in [0.2, 0.25) is 0 Å². The number of nitrogens with zero attached hydrogens (tertiary/aromatic N) is 4. The standard InChI is InChI=1S/C21H32N6O2S/c1-4-22-21(23-12-11-17-7-9-20(10-8-17)30(3,28)29)25-18-6-5-13-27(15-18)19-14-24-26(2)16-19/h7-10,14,16,18H,4-6,11-13,15H2,1-3H3,(H2,22,23,25). The van der Waals surface area contributed by atoms with Gasteiger partial charge in [-0.1, -0.05) is 12.1 Å². The fourth-order valence-corrected chi connectivity index (χ4v) is 4.25. The highest BCUT2D eigenvalue weighted by Gasteiger charge is 2.21. The van der Waals surface area contributed by atoms with E-state index < -0.39 is 9.84 Å². The molecule has 164 valence electrons. The second kappa shape index (κ2) is 9.97. The molecule has 0 spiro atoms. The average Bonchev–Trinajstić information content (AvgIpc) is 3.14. The molecular formula is C21H32N6O2S. The van der Waals surface area contributed by atoms with Gasteiger partial charge in [-0.15, -0.1) is 0 Å². The minimum atomic E-state index is -3.16. The van der Waals surface area contributed by atoms with E-state index in [1.807, 2.05) is 30.1 Å². The van der Waals surface area contributed by atoms with Crippen LogP contribution in [0.4, 0.5) is 5.69 Å². The Morgan fingerprint density at radius 1 is 1.30 bits per heavy atom. The molecule has 0 bridgehead atoms. The Balaban J connectivity index is 1.56. The zero-order chi connectivity index (χ0) is 21.6. The van der Waals surface area contributed by atoms with Crippen molar-refractivity contribution >= 4 is 21.5 Å². The fourth-order valence-electron chi connectivity index (χ4n) is 3.61. The SMILES string of the molecule is CCNC(=NCCc1ccc(S(C)(=O)=O)cc1)NC1CCCN(c2cnn(C)c2)C1. The predicted octanol–water partition coefficient (Wildman–Crippen LogP) is 1.59. The molecule has 1 aromatic heterocycles. The number of piperidine rings is 1. The van der Waals surface area contributed by atoms with Crippen LogP contribution in [0.5, 0.6) is 0 Å². The summed E-state index contributed by atoms with van der Waals surface area (Å²) in [6.45, 7) is 5.45. The molecule has 0 aliphatic carbocycles. The maximum Gasteiger partial charge on any atom is 0.191 e. The number of aliphatic imine (C=N–C) groups is 1. The molecule has 1 fully saturated rings. The number of sulfone groups is 1. The third kappa shape index (κ3) is 6.22. The van der Waals surface area contributed by atoms with E-state index in [1.165, 1.54) is 6.26 Å². The summed E-state index contributed by atoms with van der Waals surface area (Å²) in [5.74, 6) is 0.822.